The minimum Gasteiger partial charge on any atom is -0.465 e. The molecule has 8 heavy (non-hydrogen) atoms. The van der Waals surface area contributed by atoms with E-state index in [1.807, 2.05) is 0 Å². The van der Waals surface area contributed by atoms with Gasteiger partial charge in [-0.2, -0.15) is 0 Å². The molecule has 2 rings (SSSR count). The van der Waals surface area contributed by atoms with Gasteiger partial charge >= 0.3 is 5.97 Å². The fraction of sp³-hybridized carbons (Fsp3) is 0.833. The highest BCUT2D eigenvalue weighted by atomic mass is 16.5. The van der Waals surface area contributed by atoms with E-state index in [-0.39, 0.29) is 5.97 Å². The lowest BCUT2D eigenvalue weighted by Crippen LogP contribution is -2.25. The second-order valence-electron chi connectivity index (χ2n) is 2.57. The summed E-state index contributed by atoms with van der Waals surface area (Å²) in [5.41, 5.74) is 0. The Labute approximate surface area is 47.8 Å². The summed E-state index contributed by atoms with van der Waals surface area (Å²) in [7, 11) is 0. The molecule has 1 aliphatic carbocycles. The Bertz CT molecular complexity index is 130. The maximum absolute atomic E-state index is 10.6. The molecular formula is C6H8O2. The molecular weight excluding hydrogens is 104 g/mol. The third kappa shape index (κ3) is 0.358. The predicted molar refractivity (Wildman–Crippen MR) is 27.2 cm³/mol. The van der Waals surface area contributed by atoms with Gasteiger partial charge in [0.25, 0.3) is 0 Å². The van der Waals surface area contributed by atoms with Crippen LogP contribution >= 0.6 is 0 Å². The third-order valence-electron chi connectivity index (χ3n) is 2.16. The summed E-state index contributed by atoms with van der Waals surface area (Å²) in [5.74, 6) is 0.943. The number of carbonyl (C=O) groups excluding carboxylic acids is 1. The van der Waals surface area contributed by atoms with Gasteiger partial charge in [-0.05, 0) is 12.8 Å². The van der Waals surface area contributed by atoms with Crippen molar-refractivity contribution in [3.8, 4) is 0 Å². The Kier molecular flexibility index (Phi) is 0.678. The zero-order chi connectivity index (χ0) is 5.56. The van der Waals surface area contributed by atoms with Crippen molar-refractivity contribution in [1.29, 1.82) is 0 Å². The van der Waals surface area contributed by atoms with E-state index in [2.05, 4.69) is 0 Å². The van der Waals surface area contributed by atoms with Crippen molar-refractivity contribution in [1.82, 2.24) is 0 Å². The summed E-state index contributed by atoms with van der Waals surface area (Å²) in [6.45, 7) is 0.698. The number of ether oxygens (including phenoxy) is 1. The number of rotatable bonds is 0. The first-order chi connectivity index (χ1) is 3.88. The predicted octanol–water partition coefficient (Wildman–Crippen LogP) is 0.569. The first kappa shape index (κ1) is 4.36. The minimum absolute atomic E-state index is 0.0428. The van der Waals surface area contributed by atoms with Crippen LogP contribution in [-0.4, -0.2) is 12.6 Å². The molecule has 0 radical (unpaired) electrons. The highest BCUT2D eigenvalue weighted by Gasteiger charge is 2.43. The molecule has 0 N–H and O–H groups in total. The molecule has 1 saturated heterocycles. The van der Waals surface area contributed by atoms with Gasteiger partial charge in [-0.15, -0.1) is 0 Å². The molecule has 0 aromatic rings. The normalized spacial score (nSPS) is 42.8. The van der Waals surface area contributed by atoms with E-state index in [1.54, 1.807) is 0 Å². The van der Waals surface area contributed by atoms with Gasteiger partial charge in [-0.1, -0.05) is 0 Å². The first-order valence-corrected chi connectivity index (χ1v) is 3.04. The summed E-state index contributed by atoms with van der Waals surface area (Å²) in [6.07, 6.45) is 2.28. The van der Waals surface area contributed by atoms with Gasteiger partial charge < -0.3 is 4.74 Å². The van der Waals surface area contributed by atoms with Gasteiger partial charge in [0.2, 0.25) is 0 Å². The first-order valence-electron chi connectivity index (χ1n) is 3.04. The third-order valence-corrected chi connectivity index (χ3v) is 2.16. The summed E-state index contributed by atoms with van der Waals surface area (Å²) < 4.78 is 4.80. The largest absolute Gasteiger partial charge is 0.465 e. The molecule has 2 fully saturated rings. The molecule has 0 spiro atoms. The highest BCUT2D eigenvalue weighted by Crippen LogP contribution is 2.39. The van der Waals surface area contributed by atoms with Crippen LogP contribution in [0.2, 0.25) is 0 Å². The number of hydrogen-bond acceptors (Lipinski definition) is 2. The van der Waals surface area contributed by atoms with Crippen molar-refractivity contribution >= 4 is 5.97 Å². The van der Waals surface area contributed by atoms with Crippen LogP contribution in [0.1, 0.15) is 12.8 Å². The van der Waals surface area contributed by atoms with Gasteiger partial charge in [0.1, 0.15) is 0 Å². The zero-order valence-corrected chi connectivity index (χ0v) is 4.59. The minimum atomic E-state index is 0.0428. The van der Waals surface area contributed by atoms with Crippen LogP contribution in [0.15, 0.2) is 0 Å². The lowest BCUT2D eigenvalue weighted by Gasteiger charge is -2.23. The van der Waals surface area contributed by atoms with Crippen molar-refractivity contribution < 1.29 is 9.53 Å². The van der Waals surface area contributed by atoms with E-state index >= 15 is 0 Å². The van der Waals surface area contributed by atoms with Gasteiger partial charge in [0, 0.05) is 5.92 Å². The number of carbonyl (C=O) groups is 1. The quantitative estimate of drug-likeness (QED) is 0.428. The molecule has 0 amide bonds. The lowest BCUT2D eigenvalue weighted by molar-refractivity contribution is -0.142. The molecule has 1 aliphatic heterocycles. The molecule has 0 aromatic carbocycles. The van der Waals surface area contributed by atoms with E-state index in [9.17, 15) is 4.79 Å². The molecule has 2 atom stereocenters. The number of esters is 1. The Morgan fingerprint density at radius 3 is 2.62 bits per heavy atom. The van der Waals surface area contributed by atoms with E-state index in [0.717, 1.165) is 6.42 Å². The van der Waals surface area contributed by atoms with Crippen molar-refractivity contribution in [2.75, 3.05) is 6.61 Å². The molecule has 1 saturated carbocycles. The fourth-order valence-electron chi connectivity index (χ4n) is 1.38. The Morgan fingerprint density at radius 2 is 2.38 bits per heavy atom. The van der Waals surface area contributed by atoms with Crippen molar-refractivity contribution in [2.24, 2.45) is 11.8 Å². The Balaban J connectivity index is 2.15. The summed E-state index contributed by atoms with van der Waals surface area (Å²) >= 11 is 0. The van der Waals surface area contributed by atoms with Crippen molar-refractivity contribution in [3.05, 3.63) is 0 Å². The summed E-state index contributed by atoms with van der Waals surface area (Å²) in [5, 5.41) is 0. The standard InChI is InChI=1S/C6H8O2/c7-6-5-2-1-4(5)3-8-6/h4-5H,1-3H2/t4-,5+/m1/s1. The van der Waals surface area contributed by atoms with E-state index in [4.69, 9.17) is 4.74 Å². The zero-order valence-electron chi connectivity index (χ0n) is 4.59. The number of fused-ring (bicyclic) bond motifs is 1. The maximum atomic E-state index is 10.6. The van der Waals surface area contributed by atoms with E-state index in [0.29, 0.717) is 18.4 Å². The molecule has 1 heterocycles. The van der Waals surface area contributed by atoms with Crippen LogP contribution in [-0.2, 0) is 9.53 Å². The smallest absolute Gasteiger partial charge is 0.309 e. The van der Waals surface area contributed by atoms with Gasteiger partial charge in [0.15, 0.2) is 0 Å². The Morgan fingerprint density at radius 1 is 1.50 bits per heavy atom. The van der Waals surface area contributed by atoms with Gasteiger partial charge in [-0.3, -0.25) is 4.79 Å². The van der Waals surface area contributed by atoms with E-state index < -0.39 is 0 Å². The fourth-order valence-corrected chi connectivity index (χ4v) is 1.38. The van der Waals surface area contributed by atoms with Crippen molar-refractivity contribution in [3.63, 3.8) is 0 Å². The van der Waals surface area contributed by atoms with Crippen LogP contribution in [0, 0.1) is 11.8 Å². The molecule has 2 heteroatoms. The molecule has 44 valence electrons. The molecule has 2 aliphatic rings. The summed E-state index contributed by atoms with van der Waals surface area (Å²) in [4.78, 5) is 10.6. The second kappa shape index (κ2) is 1.24. The topological polar surface area (TPSA) is 26.3 Å². The highest BCUT2D eigenvalue weighted by molar-refractivity contribution is 5.75. The van der Waals surface area contributed by atoms with Crippen LogP contribution in [0.25, 0.3) is 0 Å². The molecule has 2 nitrogen and oxygen atoms in total. The van der Waals surface area contributed by atoms with Gasteiger partial charge in [0.05, 0.1) is 12.5 Å². The average Bonchev–Trinajstić information content (AvgIpc) is 1.80. The monoisotopic (exact) mass is 112 g/mol. The lowest BCUT2D eigenvalue weighted by atomic mass is 9.76. The van der Waals surface area contributed by atoms with Crippen LogP contribution in [0.5, 0.6) is 0 Å². The summed E-state index contributed by atoms with van der Waals surface area (Å²) in [6, 6.07) is 0. The van der Waals surface area contributed by atoms with Crippen LogP contribution in [0.3, 0.4) is 0 Å². The number of hydrogen-bond donors (Lipinski definition) is 0. The Hall–Kier alpha value is -0.530. The van der Waals surface area contributed by atoms with Crippen molar-refractivity contribution in [2.45, 2.75) is 12.8 Å². The SMILES string of the molecule is O=C1OC[C@H]2CC[C@H]12. The molecule has 0 unspecified atom stereocenters. The van der Waals surface area contributed by atoms with Crippen LogP contribution in [0.4, 0.5) is 0 Å². The van der Waals surface area contributed by atoms with Gasteiger partial charge in [-0.25, -0.2) is 0 Å². The maximum Gasteiger partial charge on any atom is 0.309 e. The van der Waals surface area contributed by atoms with E-state index in [1.165, 1.54) is 6.42 Å². The van der Waals surface area contributed by atoms with Crippen LogP contribution < -0.4 is 0 Å². The molecule has 0 bridgehead atoms. The number of cyclic esters (lactones) is 1. The second-order valence-corrected chi connectivity index (χ2v) is 2.57. The molecule has 0 aromatic heterocycles. The average molecular weight is 112 g/mol.